The molecule has 2 saturated heterocycles. The van der Waals surface area contributed by atoms with Gasteiger partial charge in [-0.2, -0.15) is 0 Å². The summed E-state index contributed by atoms with van der Waals surface area (Å²) in [7, 11) is 4.26. The van der Waals surface area contributed by atoms with Crippen LogP contribution >= 0.6 is 11.6 Å². The van der Waals surface area contributed by atoms with E-state index >= 15 is 0 Å². The maximum absolute atomic E-state index is 6.49. The summed E-state index contributed by atoms with van der Waals surface area (Å²) in [5.41, 5.74) is 2.45. The SMILES string of the molecule is CNC(C)c1ccc(N2CCC3CCC(C2)N3C)cc1Cl. The van der Waals surface area contributed by atoms with Crippen molar-refractivity contribution in [2.75, 3.05) is 32.1 Å². The molecule has 116 valence electrons. The second-order valence-electron chi connectivity index (χ2n) is 6.50. The molecule has 1 aromatic carbocycles. The van der Waals surface area contributed by atoms with Crippen molar-refractivity contribution in [1.29, 1.82) is 0 Å². The van der Waals surface area contributed by atoms with E-state index in [0.717, 1.165) is 24.2 Å². The molecule has 2 heterocycles. The number of nitrogens with one attached hydrogen (secondary N) is 1. The van der Waals surface area contributed by atoms with Gasteiger partial charge in [0.25, 0.3) is 0 Å². The molecule has 1 aromatic rings. The maximum atomic E-state index is 6.49. The topological polar surface area (TPSA) is 18.5 Å². The van der Waals surface area contributed by atoms with Gasteiger partial charge in [0.1, 0.15) is 0 Å². The minimum atomic E-state index is 0.290. The summed E-state index contributed by atoms with van der Waals surface area (Å²) in [6.07, 6.45) is 3.97. The van der Waals surface area contributed by atoms with Crippen molar-refractivity contribution in [3.8, 4) is 0 Å². The second-order valence-corrected chi connectivity index (χ2v) is 6.91. The fourth-order valence-corrected chi connectivity index (χ4v) is 4.10. The number of likely N-dealkylation sites (N-methyl/N-ethyl adjacent to an activating group) is 1. The standard InChI is InChI=1S/C17H26ClN3/c1-12(19-2)16-7-6-14(10-17(16)18)21-9-8-13-4-5-15(11-21)20(13)3/h6-7,10,12-13,15,19H,4-5,8-9,11H2,1-3H3. The van der Waals surface area contributed by atoms with Gasteiger partial charge in [0.2, 0.25) is 0 Å². The number of anilines is 1. The predicted molar refractivity (Wildman–Crippen MR) is 90.3 cm³/mol. The van der Waals surface area contributed by atoms with Gasteiger partial charge in [0.05, 0.1) is 0 Å². The highest BCUT2D eigenvalue weighted by atomic mass is 35.5. The molecule has 3 rings (SSSR count). The first kappa shape index (κ1) is 15.1. The van der Waals surface area contributed by atoms with Crippen LogP contribution in [0.1, 0.15) is 37.8 Å². The zero-order chi connectivity index (χ0) is 15.0. The van der Waals surface area contributed by atoms with E-state index in [1.807, 2.05) is 7.05 Å². The molecule has 0 spiro atoms. The minimum absolute atomic E-state index is 0.290. The molecule has 2 aliphatic rings. The highest BCUT2D eigenvalue weighted by molar-refractivity contribution is 6.31. The van der Waals surface area contributed by atoms with Gasteiger partial charge in [-0.25, -0.2) is 0 Å². The first-order chi connectivity index (χ1) is 10.1. The third kappa shape index (κ3) is 2.92. The molecule has 2 bridgehead atoms. The molecule has 2 aliphatic heterocycles. The Hall–Kier alpha value is -0.770. The molecule has 3 unspecified atom stereocenters. The van der Waals surface area contributed by atoms with E-state index in [2.05, 4.69) is 47.3 Å². The average molecular weight is 308 g/mol. The van der Waals surface area contributed by atoms with Crippen LogP contribution < -0.4 is 10.2 Å². The van der Waals surface area contributed by atoms with E-state index in [-0.39, 0.29) is 6.04 Å². The zero-order valence-electron chi connectivity index (χ0n) is 13.3. The van der Waals surface area contributed by atoms with Gasteiger partial charge in [-0.1, -0.05) is 17.7 Å². The number of halogens is 1. The Morgan fingerprint density at radius 2 is 2.00 bits per heavy atom. The van der Waals surface area contributed by atoms with Crippen LogP contribution in [0, 0.1) is 0 Å². The van der Waals surface area contributed by atoms with Crippen LogP contribution in [-0.2, 0) is 0 Å². The molecule has 3 nitrogen and oxygen atoms in total. The predicted octanol–water partition coefficient (Wildman–Crippen LogP) is 3.29. The molecule has 0 aromatic heterocycles. The quantitative estimate of drug-likeness (QED) is 0.924. The van der Waals surface area contributed by atoms with Crippen molar-refractivity contribution in [2.24, 2.45) is 0 Å². The molecule has 21 heavy (non-hydrogen) atoms. The van der Waals surface area contributed by atoms with Crippen LogP contribution in [0.3, 0.4) is 0 Å². The van der Waals surface area contributed by atoms with Crippen LogP contribution in [0.25, 0.3) is 0 Å². The van der Waals surface area contributed by atoms with Crippen LogP contribution in [0.15, 0.2) is 18.2 Å². The van der Waals surface area contributed by atoms with Crippen molar-refractivity contribution in [3.05, 3.63) is 28.8 Å². The summed E-state index contributed by atoms with van der Waals surface area (Å²) < 4.78 is 0. The zero-order valence-corrected chi connectivity index (χ0v) is 14.0. The number of benzene rings is 1. The summed E-state index contributed by atoms with van der Waals surface area (Å²) >= 11 is 6.49. The van der Waals surface area contributed by atoms with Gasteiger partial charge in [-0.15, -0.1) is 0 Å². The lowest BCUT2D eigenvalue weighted by atomic mass is 10.1. The fourth-order valence-electron chi connectivity index (χ4n) is 3.76. The maximum Gasteiger partial charge on any atom is 0.0474 e. The number of fused-ring (bicyclic) bond motifs is 2. The Morgan fingerprint density at radius 3 is 2.71 bits per heavy atom. The molecule has 0 radical (unpaired) electrons. The molecule has 4 heteroatoms. The van der Waals surface area contributed by atoms with E-state index in [4.69, 9.17) is 11.6 Å². The Bertz CT molecular complexity index is 505. The molecule has 3 atom stereocenters. The van der Waals surface area contributed by atoms with Gasteiger partial charge >= 0.3 is 0 Å². The Balaban J connectivity index is 1.79. The first-order valence-corrected chi connectivity index (χ1v) is 8.41. The van der Waals surface area contributed by atoms with E-state index in [1.165, 1.54) is 30.5 Å². The van der Waals surface area contributed by atoms with Gasteiger partial charge in [-0.05, 0) is 58.0 Å². The van der Waals surface area contributed by atoms with Crippen LogP contribution in [0.2, 0.25) is 5.02 Å². The molecule has 0 amide bonds. The smallest absolute Gasteiger partial charge is 0.0474 e. The van der Waals surface area contributed by atoms with E-state index in [9.17, 15) is 0 Å². The number of hydrogen-bond acceptors (Lipinski definition) is 3. The molecule has 0 aliphatic carbocycles. The molecule has 1 N–H and O–H groups in total. The third-order valence-corrected chi connectivity index (χ3v) is 5.72. The summed E-state index contributed by atoms with van der Waals surface area (Å²) in [5, 5.41) is 4.13. The third-order valence-electron chi connectivity index (χ3n) is 5.40. The van der Waals surface area contributed by atoms with E-state index in [1.54, 1.807) is 0 Å². The fraction of sp³-hybridized carbons (Fsp3) is 0.647. The number of rotatable bonds is 3. The molecule has 0 saturated carbocycles. The Morgan fingerprint density at radius 1 is 1.24 bits per heavy atom. The van der Waals surface area contributed by atoms with Crippen LogP contribution in [0.4, 0.5) is 5.69 Å². The van der Waals surface area contributed by atoms with Crippen molar-refractivity contribution in [2.45, 2.75) is 44.3 Å². The van der Waals surface area contributed by atoms with Crippen molar-refractivity contribution in [1.82, 2.24) is 10.2 Å². The largest absolute Gasteiger partial charge is 0.370 e. The highest BCUT2D eigenvalue weighted by Crippen LogP contribution is 2.33. The summed E-state index contributed by atoms with van der Waals surface area (Å²) in [6, 6.07) is 8.31. The highest BCUT2D eigenvalue weighted by Gasteiger charge is 2.34. The minimum Gasteiger partial charge on any atom is -0.370 e. The van der Waals surface area contributed by atoms with Crippen molar-refractivity contribution < 1.29 is 0 Å². The summed E-state index contributed by atoms with van der Waals surface area (Å²) in [4.78, 5) is 5.10. The van der Waals surface area contributed by atoms with E-state index in [0.29, 0.717) is 6.04 Å². The van der Waals surface area contributed by atoms with Gasteiger partial charge < -0.3 is 10.2 Å². The number of hydrogen-bond donors (Lipinski definition) is 1. The van der Waals surface area contributed by atoms with Gasteiger partial charge in [0, 0.05) is 41.9 Å². The number of nitrogens with zero attached hydrogens (tertiary/aromatic N) is 2. The lowest BCUT2D eigenvalue weighted by Crippen LogP contribution is -2.36. The summed E-state index contributed by atoms with van der Waals surface area (Å²) in [6.45, 7) is 4.41. The van der Waals surface area contributed by atoms with Crippen molar-refractivity contribution in [3.63, 3.8) is 0 Å². The summed E-state index contributed by atoms with van der Waals surface area (Å²) in [5.74, 6) is 0. The second kappa shape index (κ2) is 6.15. The molecular formula is C17H26ClN3. The Kier molecular flexibility index (Phi) is 4.43. The van der Waals surface area contributed by atoms with E-state index < -0.39 is 0 Å². The average Bonchev–Trinajstić information content (AvgIpc) is 2.71. The monoisotopic (exact) mass is 307 g/mol. The van der Waals surface area contributed by atoms with Crippen LogP contribution in [-0.4, -0.2) is 44.2 Å². The lowest BCUT2D eigenvalue weighted by Gasteiger charge is -2.28. The molecule has 2 fully saturated rings. The van der Waals surface area contributed by atoms with Crippen molar-refractivity contribution >= 4 is 17.3 Å². The normalized spacial score (nSPS) is 27.7. The van der Waals surface area contributed by atoms with Crippen LogP contribution in [0.5, 0.6) is 0 Å². The van der Waals surface area contributed by atoms with Gasteiger partial charge in [0.15, 0.2) is 0 Å². The van der Waals surface area contributed by atoms with Gasteiger partial charge in [-0.3, -0.25) is 4.90 Å². The Labute approximate surface area is 133 Å². The first-order valence-electron chi connectivity index (χ1n) is 8.03. The molecular weight excluding hydrogens is 282 g/mol. The lowest BCUT2D eigenvalue weighted by molar-refractivity contribution is 0.254.